The lowest BCUT2D eigenvalue weighted by atomic mass is 9.95. The second kappa shape index (κ2) is 11.2. The van der Waals surface area contributed by atoms with Crippen LogP contribution in [0.3, 0.4) is 0 Å². The van der Waals surface area contributed by atoms with E-state index in [-0.39, 0.29) is 28.0 Å². The SMILES string of the molecule is CCOc1cc(C2/C(=C(\O)c3ccc(OCc4ccccc4C)cc3)C(=O)C(=O)N2c2nnc(C)s2)ccc1O. The number of aryl methyl sites for hydroxylation is 2. The van der Waals surface area contributed by atoms with Gasteiger partial charge in [-0.05, 0) is 73.9 Å². The first-order valence-electron chi connectivity index (χ1n) is 12.6. The number of aromatic hydroxyl groups is 1. The number of Topliss-reactive ketones (excluding diaryl/α,β-unsaturated/α-hetero) is 1. The van der Waals surface area contributed by atoms with Gasteiger partial charge in [-0.3, -0.25) is 14.5 Å². The predicted molar refractivity (Wildman–Crippen MR) is 151 cm³/mol. The zero-order valence-electron chi connectivity index (χ0n) is 22.1. The fourth-order valence-electron chi connectivity index (χ4n) is 4.50. The van der Waals surface area contributed by atoms with E-state index >= 15 is 0 Å². The molecule has 4 aromatic rings. The van der Waals surface area contributed by atoms with Crippen molar-refractivity contribution in [2.75, 3.05) is 11.5 Å². The summed E-state index contributed by atoms with van der Waals surface area (Å²) in [6.45, 7) is 6.21. The van der Waals surface area contributed by atoms with Crippen molar-refractivity contribution in [1.29, 1.82) is 0 Å². The Morgan fingerprint density at radius 1 is 1.00 bits per heavy atom. The number of phenolic OH excluding ortho intramolecular Hbond substituents is 1. The average molecular weight is 558 g/mol. The van der Waals surface area contributed by atoms with Crippen molar-refractivity contribution >= 4 is 33.9 Å². The van der Waals surface area contributed by atoms with Crippen LogP contribution in [0.5, 0.6) is 17.2 Å². The zero-order chi connectivity index (χ0) is 28.4. The fraction of sp³-hybridized carbons (Fsp3) is 0.200. The van der Waals surface area contributed by atoms with Crippen molar-refractivity contribution in [3.8, 4) is 17.2 Å². The highest BCUT2D eigenvalue weighted by Gasteiger charge is 2.48. The van der Waals surface area contributed by atoms with E-state index in [2.05, 4.69) is 10.2 Å². The molecule has 10 heteroatoms. The third kappa shape index (κ3) is 5.13. The highest BCUT2D eigenvalue weighted by atomic mass is 32.1. The van der Waals surface area contributed by atoms with E-state index in [4.69, 9.17) is 9.47 Å². The summed E-state index contributed by atoms with van der Waals surface area (Å²) in [6.07, 6.45) is 0. The van der Waals surface area contributed by atoms with Gasteiger partial charge in [0.1, 0.15) is 23.1 Å². The first-order valence-corrected chi connectivity index (χ1v) is 13.4. The number of carbonyl (C=O) groups is 2. The number of rotatable bonds is 8. The van der Waals surface area contributed by atoms with Gasteiger partial charge in [-0.25, -0.2) is 0 Å². The second-order valence-electron chi connectivity index (χ2n) is 9.17. The predicted octanol–water partition coefficient (Wildman–Crippen LogP) is 5.46. The molecule has 1 aliphatic heterocycles. The molecule has 0 spiro atoms. The smallest absolute Gasteiger partial charge is 0.301 e. The number of phenols is 1. The van der Waals surface area contributed by atoms with Crippen LogP contribution in [0.25, 0.3) is 5.76 Å². The Bertz CT molecular complexity index is 1610. The Hall–Kier alpha value is -4.70. The van der Waals surface area contributed by atoms with Crippen molar-refractivity contribution < 1.29 is 29.3 Å². The summed E-state index contributed by atoms with van der Waals surface area (Å²) in [5, 5.41) is 30.6. The highest BCUT2D eigenvalue weighted by Crippen LogP contribution is 2.44. The molecule has 9 nitrogen and oxygen atoms in total. The van der Waals surface area contributed by atoms with Gasteiger partial charge in [0.05, 0.1) is 18.2 Å². The number of ketones is 1. The third-order valence-corrected chi connectivity index (χ3v) is 7.39. The molecule has 0 aliphatic carbocycles. The van der Waals surface area contributed by atoms with E-state index in [0.29, 0.717) is 35.1 Å². The minimum atomic E-state index is -1.02. The summed E-state index contributed by atoms with van der Waals surface area (Å²) in [5.74, 6) is -1.36. The number of benzene rings is 3. The molecule has 2 heterocycles. The molecule has 1 amide bonds. The number of aliphatic hydroxyl groups is 1. The van der Waals surface area contributed by atoms with Crippen LogP contribution < -0.4 is 14.4 Å². The summed E-state index contributed by atoms with van der Waals surface area (Å²) in [5.41, 5.74) is 2.85. The molecular weight excluding hydrogens is 530 g/mol. The number of amides is 1. The van der Waals surface area contributed by atoms with Crippen molar-refractivity contribution in [2.24, 2.45) is 0 Å². The van der Waals surface area contributed by atoms with Gasteiger partial charge in [-0.15, -0.1) is 10.2 Å². The van der Waals surface area contributed by atoms with Gasteiger partial charge in [0.2, 0.25) is 5.13 Å². The topological polar surface area (TPSA) is 122 Å². The number of carbonyl (C=O) groups excluding carboxylic acids is 2. The Kier molecular flexibility index (Phi) is 7.52. The Morgan fingerprint density at radius 3 is 2.42 bits per heavy atom. The van der Waals surface area contributed by atoms with Gasteiger partial charge in [-0.2, -0.15) is 0 Å². The van der Waals surface area contributed by atoms with Crippen molar-refractivity contribution in [3.05, 3.63) is 99.6 Å². The average Bonchev–Trinajstić information content (AvgIpc) is 3.49. The number of hydrogen-bond acceptors (Lipinski definition) is 9. The van der Waals surface area contributed by atoms with Crippen LogP contribution in [0.2, 0.25) is 0 Å². The minimum absolute atomic E-state index is 0.0874. The molecule has 0 saturated carbocycles. The van der Waals surface area contributed by atoms with Gasteiger partial charge in [0, 0.05) is 5.56 Å². The quantitative estimate of drug-likeness (QED) is 0.166. The standard InChI is InChI=1S/C30H27N3O6S/c1-4-38-24-15-20(11-14-23(24)34)26-25(28(36)29(37)33(26)30-32-31-18(3)40-30)27(35)19-9-12-22(13-10-19)39-16-21-8-6-5-7-17(21)2/h5-15,26,34-35H,4,16H2,1-3H3/b27-25+. The monoisotopic (exact) mass is 557 g/mol. The van der Waals surface area contributed by atoms with Gasteiger partial charge in [0.15, 0.2) is 11.5 Å². The minimum Gasteiger partial charge on any atom is -0.507 e. The molecule has 204 valence electrons. The third-order valence-electron chi connectivity index (χ3n) is 6.55. The fourth-order valence-corrected chi connectivity index (χ4v) is 5.21. The Balaban J connectivity index is 1.54. The highest BCUT2D eigenvalue weighted by molar-refractivity contribution is 7.15. The molecular formula is C30H27N3O6S. The molecule has 1 saturated heterocycles. The van der Waals surface area contributed by atoms with Crippen LogP contribution >= 0.6 is 11.3 Å². The van der Waals surface area contributed by atoms with Crippen molar-refractivity contribution in [3.63, 3.8) is 0 Å². The number of aliphatic hydroxyl groups excluding tert-OH is 1. The summed E-state index contributed by atoms with van der Waals surface area (Å²) in [4.78, 5) is 27.9. The van der Waals surface area contributed by atoms with E-state index in [1.54, 1.807) is 50.2 Å². The molecule has 1 unspecified atom stereocenters. The lowest BCUT2D eigenvalue weighted by Crippen LogP contribution is -2.29. The van der Waals surface area contributed by atoms with Crippen LogP contribution in [0.4, 0.5) is 5.13 Å². The van der Waals surface area contributed by atoms with Gasteiger partial charge in [-0.1, -0.05) is 41.7 Å². The maximum absolute atomic E-state index is 13.4. The maximum Gasteiger partial charge on any atom is 0.301 e. The van der Waals surface area contributed by atoms with Crippen LogP contribution in [-0.4, -0.2) is 38.7 Å². The van der Waals surface area contributed by atoms with Gasteiger partial charge < -0.3 is 19.7 Å². The first kappa shape index (κ1) is 26.9. The van der Waals surface area contributed by atoms with E-state index in [1.807, 2.05) is 31.2 Å². The molecule has 3 aromatic carbocycles. The van der Waals surface area contributed by atoms with Gasteiger partial charge in [0.25, 0.3) is 5.78 Å². The van der Waals surface area contributed by atoms with Crippen LogP contribution in [0, 0.1) is 13.8 Å². The number of aromatic nitrogens is 2. The van der Waals surface area contributed by atoms with Crippen LogP contribution in [-0.2, 0) is 16.2 Å². The zero-order valence-corrected chi connectivity index (χ0v) is 22.9. The normalized spacial score (nSPS) is 16.4. The number of ether oxygens (including phenoxy) is 2. The lowest BCUT2D eigenvalue weighted by Gasteiger charge is -2.23. The summed E-state index contributed by atoms with van der Waals surface area (Å²) in [6, 6.07) is 18.1. The lowest BCUT2D eigenvalue weighted by molar-refractivity contribution is -0.132. The van der Waals surface area contributed by atoms with E-state index in [1.165, 1.54) is 11.0 Å². The molecule has 1 fully saturated rings. The molecule has 2 N–H and O–H groups in total. The van der Waals surface area contributed by atoms with E-state index < -0.39 is 17.7 Å². The summed E-state index contributed by atoms with van der Waals surface area (Å²) < 4.78 is 11.4. The van der Waals surface area contributed by atoms with E-state index in [9.17, 15) is 19.8 Å². The molecule has 0 radical (unpaired) electrons. The Morgan fingerprint density at radius 2 is 1.75 bits per heavy atom. The first-order chi connectivity index (χ1) is 19.3. The maximum atomic E-state index is 13.4. The van der Waals surface area contributed by atoms with Crippen molar-refractivity contribution in [1.82, 2.24) is 10.2 Å². The largest absolute Gasteiger partial charge is 0.507 e. The molecule has 5 rings (SSSR count). The number of nitrogens with zero attached hydrogens (tertiary/aromatic N) is 3. The van der Waals surface area contributed by atoms with Gasteiger partial charge >= 0.3 is 5.91 Å². The summed E-state index contributed by atoms with van der Waals surface area (Å²) >= 11 is 1.15. The second-order valence-corrected chi connectivity index (χ2v) is 10.3. The van der Waals surface area contributed by atoms with Crippen LogP contribution in [0.15, 0.2) is 72.3 Å². The van der Waals surface area contributed by atoms with E-state index in [0.717, 1.165) is 22.5 Å². The molecule has 1 aromatic heterocycles. The molecule has 1 atom stereocenters. The molecule has 1 aliphatic rings. The Labute approximate surface area is 235 Å². The molecule has 40 heavy (non-hydrogen) atoms. The number of anilines is 1. The number of hydrogen-bond donors (Lipinski definition) is 2. The van der Waals surface area contributed by atoms with Crippen LogP contribution in [0.1, 0.15) is 40.2 Å². The summed E-state index contributed by atoms with van der Waals surface area (Å²) in [7, 11) is 0. The van der Waals surface area contributed by atoms with Crippen molar-refractivity contribution in [2.45, 2.75) is 33.4 Å². The molecule has 0 bridgehead atoms.